The molecule has 0 saturated carbocycles. The van der Waals surface area contributed by atoms with E-state index < -0.39 is 0 Å². The van der Waals surface area contributed by atoms with E-state index in [1.54, 1.807) is 19.0 Å². The Labute approximate surface area is 211 Å². The zero-order valence-electron chi connectivity index (χ0n) is 21.4. The summed E-state index contributed by atoms with van der Waals surface area (Å²) in [7, 11) is 3.60. The zero-order valence-corrected chi connectivity index (χ0v) is 21.4. The van der Waals surface area contributed by atoms with Crippen LogP contribution in [0.1, 0.15) is 48.3 Å². The Balaban J connectivity index is 1.41. The van der Waals surface area contributed by atoms with Gasteiger partial charge in [-0.25, -0.2) is 4.98 Å². The van der Waals surface area contributed by atoms with E-state index in [4.69, 9.17) is 9.97 Å². The van der Waals surface area contributed by atoms with Gasteiger partial charge in [0.2, 0.25) is 11.9 Å². The highest BCUT2D eigenvalue weighted by molar-refractivity contribution is 5.98. The number of fused-ring (bicyclic) bond motifs is 2. The molecule has 2 aromatic heterocycles. The maximum Gasteiger partial charge on any atom is 0.273 e. The molecule has 4 heterocycles. The summed E-state index contributed by atoms with van der Waals surface area (Å²) >= 11 is 0. The molecule has 0 aliphatic carbocycles. The van der Waals surface area contributed by atoms with Crippen molar-refractivity contribution in [1.82, 2.24) is 24.8 Å². The fraction of sp³-hybridized carbons (Fsp3) is 0.444. The molecular weight excluding hydrogens is 454 g/mol. The first-order chi connectivity index (χ1) is 17.3. The van der Waals surface area contributed by atoms with Crippen LogP contribution in [0.4, 0.5) is 11.8 Å². The van der Waals surface area contributed by atoms with Gasteiger partial charge in [0.1, 0.15) is 11.5 Å². The Morgan fingerprint density at radius 2 is 1.92 bits per heavy atom. The highest BCUT2D eigenvalue weighted by Gasteiger charge is 2.35. The number of carbonyl (C=O) groups excluding carboxylic acids is 2. The third kappa shape index (κ3) is 4.57. The van der Waals surface area contributed by atoms with Crippen molar-refractivity contribution in [3.05, 3.63) is 53.3 Å². The van der Waals surface area contributed by atoms with E-state index in [-0.39, 0.29) is 23.8 Å². The summed E-state index contributed by atoms with van der Waals surface area (Å²) in [6.07, 6.45) is 3.36. The maximum absolute atomic E-state index is 13.2. The lowest BCUT2D eigenvalue weighted by Crippen LogP contribution is -2.41. The lowest BCUT2D eigenvalue weighted by atomic mass is 9.96. The molecule has 1 fully saturated rings. The van der Waals surface area contributed by atoms with Gasteiger partial charge in [-0.3, -0.25) is 14.6 Å². The zero-order chi connectivity index (χ0) is 25.4. The van der Waals surface area contributed by atoms with Crippen molar-refractivity contribution >= 4 is 34.5 Å². The second kappa shape index (κ2) is 9.72. The third-order valence-corrected chi connectivity index (χ3v) is 7.09. The van der Waals surface area contributed by atoms with E-state index in [0.717, 1.165) is 34.9 Å². The fourth-order valence-corrected chi connectivity index (χ4v) is 4.97. The van der Waals surface area contributed by atoms with Crippen LogP contribution in [-0.2, 0) is 17.9 Å². The second-order valence-electron chi connectivity index (χ2n) is 10.1. The van der Waals surface area contributed by atoms with E-state index in [1.165, 1.54) is 0 Å². The van der Waals surface area contributed by atoms with Crippen molar-refractivity contribution in [3.63, 3.8) is 0 Å². The monoisotopic (exact) mass is 487 g/mol. The van der Waals surface area contributed by atoms with Crippen LogP contribution in [0, 0.1) is 5.92 Å². The largest absolute Gasteiger partial charge is 0.365 e. The molecule has 5 rings (SSSR count). The predicted molar refractivity (Wildman–Crippen MR) is 140 cm³/mol. The van der Waals surface area contributed by atoms with Gasteiger partial charge in [0.25, 0.3) is 5.91 Å². The van der Waals surface area contributed by atoms with Crippen molar-refractivity contribution < 1.29 is 9.59 Å². The molecule has 2 aliphatic rings. The molecule has 1 saturated heterocycles. The second-order valence-corrected chi connectivity index (χ2v) is 10.1. The smallest absolute Gasteiger partial charge is 0.273 e. The molecule has 188 valence electrons. The molecule has 1 N–H and O–H groups in total. The van der Waals surface area contributed by atoms with E-state index in [1.807, 2.05) is 43.1 Å². The summed E-state index contributed by atoms with van der Waals surface area (Å²) in [6.45, 7) is 6.41. The highest BCUT2D eigenvalue weighted by Crippen LogP contribution is 2.32. The first-order valence-electron chi connectivity index (χ1n) is 12.6. The van der Waals surface area contributed by atoms with Gasteiger partial charge in [0.05, 0.1) is 12.1 Å². The topological polar surface area (TPSA) is 94.6 Å². The molecule has 0 spiro atoms. The van der Waals surface area contributed by atoms with Crippen molar-refractivity contribution in [2.75, 3.05) is 37.4 Å². The van der Waals surface area contributed by atoms with E-state index in [9.17, 15) is 9.59 Å². The van der Waals surface area contributed by atoms with Gasteiger partial charge in [-0.2, -0.15) is 4.98 Å². The van der Waals surface area contributed by atoms with Gasteiger partial charge < -0.3 is 20.0 Å². The van der Waals surface area contributed by atoms with Crippen molar-refractivity contribution in [2.24, 2.45) is 5.92 Å². The molecule has 2 aliphatic heterocycles. The number of hydrogen-bond acceptors (Lipinski definition) is 7. The summed E-state index contributed by atoms with van der Waals surface area (Å²) in [4.78, 5) is 45.4. The van der Waals surface area contributed by atoms with Gasteiger partial charge in [-0.1, -0.05) is 18.2 Å². The molecule has 9 nitrogen and oxygen atoms in total. The number of pyridine rings is 1. The molecule has 3 aromatic rings. The Morgan fingerprint density at radius 3 is 2.64 bits per heavy atom. The van der Waals surface area contributed by atoms with Crippen LogP contribution in [0.5, 0.6) is 0 Å². The number of hydrogen-bond donors (Lipinski definition) is 1. The third-order valence-electron chi connectivity index (χ3n) is 7.09. The fourth-order valence-electron chi connectivity index (χ4n) is 4.97. The van der Waals surface area contributed by atoms with Crippen LogP contribution >= 0.6 is 0 Å². The normalized spacial score (nSPS) is 16.1. The van der Waals surface area contributed by atoms with Crippen molar-refractivity contribution in [3.8, 4) is 0 Å². The summed E-state index contributed by atoms with van der Waals surface area (Å²) in [5.41, 5.74) is 3.31. The standard InChI is InChI=1S/C27H33N7O2/c1-17(2)34-16-21-23(26(34)36)30-27(33-11-9-19(10-12-33)25(35)32(3)4)31-24(21)29-15-18-13-20-7-5-6-8-22(20)28-14-18/h5-8,13-14,17,19H,9-12,15-16H2,1-4H3,(H,29,30,31). The van der Waals surface area contributed by atoms with Gasteiger partial charge in [-0.05, 0) is 44.4 Å². The number of benzene rings is 1. The summed E-state index contributed by atoms with van der Waals surface area (Å²) in [6, 6.07) is 10.2. The van der Waals surface area contributed by atoms with E-state index in [0.29, 0.717) is 43.6 Å². The maximum atomic E-state index is 13.2. The Hall–Kier alpha value is -3.75. The molecule has 9 heteroatoms. The molecule has 1 aromatic carbocycles. The molecule has 0 radical (unpaired) electrons. The first kappa shape index (κ1) is 24.0. The lowest BCUT2D eigenvalue weighted by molar-refractivity contribution is -0.133. The lowest BCUT2D eigenvalue weighted by Gasteiger charge is -2.32. The molecule has 36 heavy (non-hydrogen) atoms. The molecular formula is C27H33N7O2. The average Bonchev–Trinajstić information content (AvgIpc) is 3.23. The summed E-state index contributed by atoms with van der Waals surface area (Å²) < 4.78 is 0. The minimum absolute atomic E-state index is 0.0155. The Morgan fingerprint density at radius 1 is 1.17 bits per heavy atom. The van der Waals surface area contributed by atoms with Crippen molar-refractivity contribution in [1.29, 1.82) is 0 Å². The molecule has 0 atom stereocenters. The number of nitrogens with zero attached hydrogens (tertiary/aromatic N) is 6. The minimum atomic E-state index is -0.0586. The average molecular weight is 488 g/mol. The van der Waals surface area contributed by atoms with Crippen LogP contribution in [0.2, 0.25) is 0 Å². The summed E-state index contributed by atoms with van der Waals surface area (Å²) in [5.74, 6) is 1.35. The summed E-state index contributed by atoms with van der Waals surface area (Å²) in [5, 5.41) is 4.55. The molecule has 2 amide bonds. The predicted octanol–water partition coefficient (Wildman–Crippen LogP) is 3.31. The number of nitrogens with one attached hydrogen (secondary N) is 1. The number of rotatable bonds is 6. The van der Waals surface area contributed by atoms with Gasteiger partial charge in [0, 0.05) is 62.8 Å². The minimum Gasteiger partial charge on any atom is -0.365 e. The number of aromatic nitrogens is 3. The van der Waals surface area contributed by atoms with Gasteiger partial charge >= 0.3 is 0 Å². The van der Waals surface area contributed by atoms with Crippen molar-refractivity contribution in [2.45, 2.75) is 45.8 Å². The van der Waals surface area contributed by atoms with Crippen LogP contribution in [-0.4, -0.2) is 69.8 Å². The van der Waals surface area contributed by atoms with Crippen LogP contribution in [0.3, 0.4) is 0 Å². The number of amides is 2. The Bertz CT molecular complexity index is 1300. The number of para-hydroxylation sites is 1. The molecule has 0 unspecified atom stereocenters. The molecule has 0 bridgehead atoms. The first-order valence-corrected chi connectivity index (χ1v) is 12.6. The van der Waals surface area contributed by atoms with Crippen LogP contribution in [0.15, 0.2) is 36.5 Å². The Kier molecular flexibility index (Phi) is 6.47. The van der Waals surface area contributed by atoms with E-state index >= 15 is 0 Å². The van der Waals surface area contributed by atoms with E-state index in [2.05, 4.69) is 27.3 Å². The van der Waals surface area contributed by atoms with Gasteiger partial charge in [0.15, 0.2) is 0 Å². The number of carbonyl (C=O) groups is 2. The quantitative estimate of drug-likeness (QED) is 0.570. The highest BCUT2D eigenvalue weighted by atomic mass is 16.2. The number of anilines is 2. The van der Waals surface area contributed by atoms with Crippen LogP contribution in [0.25, 0.3) is 10.9 Å². The van der Waals surface area contributed by atoms with Crippen LogP contribution < -0.4 is 10.2 Å². The SMILES string of the molecule is CC(C)N1Cc2c(NCc3cnc4ccccc4c3)nc(N3CCC(C(=O)N(C)C)CC3)nc2C1=O. The number of piperidine rings is 1. The van der Waals surface area contributed by atoms with Gasteiger partial charge in [-0.15, -0.1) is 0 Å².